The topological polar surface area (TPSA) is 107 Å². The molecule has 4 rings (SSSR count). The molecule has 0 saturated carbocycles. The van der Waals surface area contributed by atoms with Gasteiger partial charge in [-0.1, -0.05) is 35.3 Å². The van der Waals surface area contributed by atoms with Crippen LogP contribution in [0.2, 0.25) is 10.0 Å². The van der Waals surface area contributed by atoms with Gasteiger partial charge in [0.05, 0.1) is 26.1 Å². The summed E-state index contributed by atoms with van der Waals surface area (Å²) in [6.07, 6.45) is 0. The molecule has 1 aliphatic heterocycles. The molecule has 0 aliphatic carbocycles. The second kappa shape index (κ2) is 8.38. The number of carbonyl (C=O) groups excluding carboxylic acids is 3. The number of ether oxygens (including phenoxy) is 1. The van der Waals surface area contributed by atoms with Crippen molar-refractivity contribution >= 4 is 56.4 Å². The summed E-state index contributed by atoms with van der Waals surface area (Å²) < 4.78 is 30.9. The Balaban J connectivity index is 1.52. The Bertz CT molecular complexity index is 1400. The van der Waals surface area contributed by atoms with Gasteiger partial charge in [-0.05, 0) is 48.5 Å². The monoisotopic (exact) mass is 489 g/mol. The van der Waals surface area contributed by atoms with Crippen LogP contribution in [0, 0.1) is 0 Å². The van der Waals surface area contributed by atoms with Crippen molar-refractivity contribution in [3.63, 3.8) is 0 Å². The van der Waals surface area contributed by atoms with Gasteiger partial charge < -0.3 is 10.1 Å². The maximum absolute atomic E-state index is 13.0. The Morgan fingerprint density at radius 2 is 1.62 bits per heavy atom. The first-order valence-corrected chi connectivity index (χ1v) is 11.4. The highest BCUT2D eigenvalue weighted by atomic mass is 35.5. The number of sulfone groups is 1. The van der Waals surface area contributed by atoms with Crippen molar-refractivity contribution in [2.45, 2.75) is 9.79 Å². The number of anilines is 1. The Morgan fingerprint density at radius 1 is 0.906 bits per heavy atom. The van der Waals surface area contributed by atoms with Gasteiger partial charge in [0.2, 0.25) is 9.84 Å². The largest absolute Gasteiger partial charge is 0.452 e. The molecule has 0 spiro atoms. The minimum absolute atomic E-state index is 0.0321. The zero-order chi connectivity index (χ0) is 23.0. The third-order valence-electron chi connectivity index (χ3n) is 4.71. The quantitative estimate of drug-likeness (QED) is 0.431. The van der Waals surface area contributed by atoms with Crippen LogP contribution in [-0.4, -0.2) is 32.7 Å². The fraction of sp³-hybridized carbons (Fsp3) is 0.0455. The van der Waals surface area contributed by atoms with Crippen molar-refractivity contribution in [2.24, 2.45) is 0 Å². The number of benzene rings is 3. The molecule has 1 aliphatic rings. The van der Waals surface area contributed by atoms with Crippen molar-refractivity contribution in [1.82, 2.24) is 0 Å². The zero-order valence-corrected chi connectivity index (χ0v) is 18.4. The fourth-order valence-corrected chi connectivity index (χ4v) is 5.34. The maximum Gasteiger partial charge on any atom is 0.338 e. The lowest BCUT2D eigenvalue weighted by Crippen LogP contribution is -2.23. The zero-order valence-electron chi connectivity index (χ0n) is 16.1. The molecule has 10 heteroatoms. The van der Waals surface area contributed by atoms with E-state index in [0.29, 0.717) is 5.02 Å². The molecule has 0 bridgehead atoms. The van der Waals surface area contributed by atoms with Gasteiger partial charge >= 0.3 is 5.97 Å². The van der Waals surface area contributed by atoms with Crippen molar-refractivity contribution in [3.05, 3.63) is 87.4 Å². The predicted octanol–water partition coefficient (Wildman–Crippen LogP) is 4.17. The van der Waals surface area contributed by atoms with Crippen LogP contribution in [0.4, 0.5) is 5.69 Å². The molecule has 0 fully saturated rings. The summed E-state index contributed by atoms with van der Waals surface area (Å²) in [7, 11) is -4.00. The fourth-order valence-electron chi connectivity index (χ4n) is 3.20. The third kappa shape index (κ3) is 4.00. The summed E-state index contributed by atoms with van der Waals surface area (Å²) in [6, 6.07) is 13.9. The van der Waals surface area contributed by atoms with E-state index in [2.05, 4.69) is 5.32 Å². The smallest absolute Gasteiger partial charge is 0.338 e. The number of hydrogen-bond donors (Lipinski definition) is 1. The number of hydrogen-bond acceptors (Lipinski definition) is 6. The third-order valence-corrected chi connectivity index (χ3v) is 7.11. The van der Waals surface area contributed by atoms with E-state index in [1.54, 1.807) is 6.07 Å². The van der Waals surface area contributed by atoms with Crippen molar-refractivity contribution in [3.8, 4) is 0 Å². The molecule has 0 saturated heterocycles. The lowest BCUT2D eigenvalue weighted by atomic mass is 10.0. The molecule has 0 aromatic heterocycles. The van der Waals surface area contributed by atoms with E-state index >= 15 is 0 Å². The van der Waals surface area contributed by atoms with Gasteiger partial charge in [0, 0.05) is 16.1 Å². The number of fused-ring (bicyclic) bond motifs is 2. The first-order chi connectivity index (χ1) is 15.2. The van der Waals surface area contributed by atoms with Crippen LogP contribution >= 0.6 is 23.2 Å². The molecule has 0 unspecified atom stereocenters. The molecule has 3 aromatic rings. The van der Waals surface area contributed by atoms with Gasteiger partial charge in [-0.15, -0.1) is 0 Å². The van der Waals surface area contributed by atoms with Crippen LogP contribution in [0.25, 0.3) is 0 Å². The molecule has 162 valence electrons. The summed E-state index contributed by atoms with van der Waals surface area (Å²) >= 11 is 11.8. The lowest BCUT2D eigenvalue weighted by Gasteiger charge is -2.19. The number of ketones is 1. The normalized spacial score (nSPS) is 13.6. The van der Waals surface area contributed by atoms with Gasteiger partial charge in [-0.2, -0.15) is 0 Å². The molecule has 1 heterocycles. The van der Waals surface area contributed by atoms with E-state index in [9.17, 15) is 22.8 Å². The summed E-state index contributed by atoms with van der Waals surface area (Å²) in [4.78, 5) is 36.7. The highest BCUT2D eigenvalue weighted by Gasteiger charge is 2.35. The minimum Gasteiger partial charge on any atom is -0.452 e. The highest BCUT2D eigenvalue weighted by molar-refractivity contribution is 7.91. The molecular formula is C22H13Cl2NO6S. The van der Waals surface area contributed by atoms with Crippen LogP contribution in [0.1, 0.15) is 26.3 Å². The van der Waals surface area contributed by atoms with Crippen LogP contribution in [-0.2, 0) is 19.4 Å². The van der Waals surface area contributed by atoms with Crippen molar-refractivity contribution in [1.29, 1.82) is 0 Å². The first kappa shape index (κ1) is 22.0. The SMILES string of the molecule is O=C(COC(=O)c1ccc2c(c1)S(=O)(=O)c1ccccc1C2=O)Nc1ccc(Cl)cc1Cl. The highest BCUT2D eigenvalue weighted by Crippen LogP contribution is 2.34. The van der Waals surface area contributed by atoms with Crippen molar-refractivity contribution in [2.75, 3.05) is 11.9 Å². The maximum atomic E-state index is 13.0. The Labute approximate surface area is 192 Å². The molecule has 7 nitrogen and oxygen atoms in total. The Kier molecular flexibility index (Phi) is 5.77. The predicted molar refractivity (Wildman–Crippen MR) is 117 cm³/mol. The minimum atomic E-state index is -4.00. The number of nitrogens with one attached hydrogen (secondary N) is 1. The lowest BCUT2D eigenvalue weighted by molar-refractivity contribution is -0.119. The number of esters is 1. The molecule has 1 amide bonds. The molecular weight excluding hydrogens is 477 g/mol. The molecule has 1 N–H and O–H groups in total. The van der Waals surface area contributed by atoms with Gasteiger partial charge in [-0.3, -0.25) is 9.59 Å². The molecule has 32 heavy (non-hydrogen) atoms. The summed E-state index contributed by atoms with van der Waals surface area (Å²) in [5, 5.41) is 3.08. The molecule has 0 atom stereocenters. The van der Waals surface area contributed by atoms with Crippen LogP contribution in [0.5, 0.6) is 0 Å². The van der Waals surface area contributed by atoms with Gasteiger partial charge in [0.25, 0.3) is 5.91 Å². The second-order valence-corrected chi connectivity index (χ2v) is 9.52. The van der Waals surface area contributed by atoms with E-state index in [-0.39, 0.29) is 37.2 Å². The van der Waals surface area contributed by atoms with E-state index < -0.39 is 34.1 Å². The van der Waals surface area contributed by atoms with E-state index in [1.807, 2.05) is 0 Å². The van der Waals surface area contributed by atoms with E-state index in [4.69, 9.17) is 27.9 Å². The number of amides is 1. The van der Waals surface area contributed by atoms with E-state index in [0.717, 1.165) is 6.07 Å². The van der Waals surface area contributed by atoms with Gasteiger partial charge in [0.15, 0.2) is 12.4 Å². The van der Waals surface area contributed by atoms with Gasteiger partial charge in [0.1, 0.15) is 0 Å². The van der Waals surface area contributed by atoms with Gasteiger partial charge in [-0.25, -0.2) is 13.2 Å². The Morgan fingerprint density at radius 3 is 2.38 bits per heavy atom. The van der Waals surface area contributed by atoms with Crippen LogP contribution < -0.4 is 5.32 Å². The average Bonchev–Trinajstić information content (AvgIpc) is 2.77. The standard InChI is InChI=1S/C22H13Cl2NO6S/c23-13-6-8-17(16(24)10-13)25-20(26)11-31-22(28)12-5-7-15-19(9-12)32(29,30)18-4-2-1-3-14(18)21(15)27/h1-10H,11H2,(H,25,26). The van der Waals surface area contributed by atoms with Crippen LogP contribution in [0.15, 0.2) is 70.5 Å². The van der Waals surface area contributed by atoms with Crippen LogP contribution in [0.3, 0.4) is 0 Å². The van der Waals surface area contributed by atoms with Crippen molar-refractivity contribution < 1.29 is 27.5 Å². The summed E-state index contributed by atoms with van der Waals surface area (Å²) in [5.74, 6) is -2.03. The average molecular weight is 490 g/mol. The molecule has 3 aromatic carbocycles. The second-order valence-electron chi connectivity index (χ2n) is 6.79. The first-order valence-electron chi connectivity index (χ1n) is 9.13. The number of carbonyl (C=O) groups is 3. The number of halogens is 2. The molecule has 0 radical (unpaired) electrons. The Hall–Kier alpha value is -3.20. The summed E-state index contributed by atoms with van der Waals surface area (Å²) in [6.45, 7) is -0.636. The summed E-state index contributed by atoms with van der Waals surface area (Å²) in [5.41, 5.74) is 0.217. The van der Waals surface area contributed by atoms with E-state index in [1.165, 1.54) is 48.5 Å². The number of rotatable bonds is 4.